The van der Waals surface area contributed by atoms with Gasteiger partial charge in [-0.25, -0.2) is 0 Å². The molecule has 1 aromatic carbocycles. The predicted octanol–water partition coefficient (Wildman–Crippen LogP) is 0.580. The molecule has 4 N–H and O–H groups in total. The van der Waals surface area contributed by atoms with E-state index >= 15 is 0 Å². The first-order chi connectivity index (χ1) is 6.31. The Balaban J connectivity index is 2.30. The van der Waals surface area contributed by atoms with Gasteiger partial charge in [-0.1, -0.05) is 12.1 Å². The number of ether oxygens (including phenoxy) is 1. The van der Waals surface area contributed by atoms with E-state index in [9.17, 15) is 0 Å². The van der Waals surface area contributed by atoms with Crippen molar-refractivity contribution in [2.24, 2.45) is 11.5 Å². The summed E-state index contributed by atoms with van der Waals surface area (Å²) >= 11 is 0. The number of nitrogens with two attached hydrogens (primary N) is 2. The maximum absolute atomic E-state index is 5.81. The quantitative estimate of drug-likeness (QED) is 0.696. The van der Waals surface area contributed by atoms with E-state index < -0.39 is 0 Å². The lowest BCUT2D eigenvalue weighted by Gasteiger charge is -2.10. The van der Waals surface area contributed by atoms with Crippen molar-refractivity contribution in [1.29, 1.82) is 0 Å². The molecule has 0 unspecified atom stereocenters. The first-order valence-corrected chi connectivity index (χ1v) is 4.52. The zero-order valence-electron chi connectivity index (χ0n) is 7.49. The molecule has 0 saturated carbocycles. The van der Waals surface area contributed by atoms with E-state index in [0.29, 0.717) is 6.54 Å². The average molecular weight is 178 g/mol. The van der Waals surface area contributed by atoms with Gasteiger partial charge in [0.2, 0.25) is 0 Å². The third kappa shape index (κ3) is 1.53. The number of benzene rings is 1. The van der Waals surface area contributed by atoms with Crippen LogP contribution in [0.4, 0.5) is 0 Å². The van der Waals surface area contributed by atoms with Gasteiger partial charge in [0.25, 0.3) is 0 Å². The molecule has 0 saturated heterocycles. The standard InChI is InChI=1S/C10H14N2O/c11-6-9(12)8-2-1-7-3-4-13-10(7)5-8/h1-2,5,9H,3-4,6,11-12H2/t9-/m0/s1. The molecule has 3 nitrogen and oxygen atoms in total. The Morgan fingerprint density at radius 2 is 2.31 bits per heavy atom. The van der Waals surface area contributed by atoms with Crippen molar-refractivity contribution in [2.45, 2.75) is 12.5 Å². The van der Waals surface area contributed by atoms with Crippen LogP contribution in [0.2, 0.25) is 0 Å². The molecule has 2 rings (SSSR count). The summed E-state index contributed by atoms with van der Waals surface area (Å²) in [5, 5.41) is 0. The van der Waals surface area contributed by atoms with Crippen LogP contribution in [0.5, 0.6) is 5.75 Å². The van der Waals surface area contributed by atoms with E-state index in [4.69, 9.17) is 16.2 Å². The van der Waals surface area contributed by atoms with Gasteiger partial charge in [-0.3, -0.25) is 0 Å². The Morgan fingerprint density at radius 1 is 1.46 bits per heavy atom. The van der Waals surface area contributed by atoms with E-state index in [1.807, 2.05) is 12.1 Å². The van der Waals surface area contributed by atoms with Crippen molar-refractivity contribution in [3.05, 3.63) is 29.3 Å². The van der Waals surface area contributed by atoms with Crippen LogP contribution in [0.3, 0.4) is 0 Å². The van der Waals surface area contributed by atoms with Crippen molar-refractivity contribution in [1.82, 2.24) is 0 Å². The third-order valence-corrected chi connectivity index (χ3v) is 2.40. The van der Waals surface area contributed by atoms with Gasteiger partial charge in [0.05, 0.1) is 6.61 Å². The van der Waals surface area contributed by atoms with E-state index in [1.165, 1.54) is 5.56 Å². The molecular weight excluding hydrogens is 164 g/mol. The third-order valence-electron chi connectivity index (χ3n) is 2.40. The second-order valence-electron chi connectivity index (χ2n) is 3.31. The molecule has 0 bridgehead atoms. The molecule has 1 atom stereocenters. The van der Waals surface area contributed by atoms with Crippen LogP contribution in [-0.4, -0.2) is 13.2 Å². The van der Waals surface area contributed by atoms with Crippen LogP contribution >= 0.6 is 0 Å². The highest BCUT2D eigenvalue weighted by atomic mass is 16.5. The molecule has 0 amide bonds. The van der Waals surface area contributed by atoms with Gasteiger partial charge in [-0.2, -0.15) is 0 Å². The molecule has 1 aliphatic rings. The highest BCUT2D eigenvalue weighted by molar-refractivity contribution is 5.41. The van der Waals surface area contributed by atoms with Crippen LogP contribution in [0, 0.1) is 0 Å². The highest BCUT2D eigenvalue weighted by Gasteiger charge is 2.13. The molecule has 1 heterocycles. The Morgan fingerprint density at radius 3 is 3.08 bits per heavy atom. The largest absolute Gasteiger partial charge is 0.493 e. The van der Waals surface area contributed by atoms with Gasteiger partial charge >= 0.3 is 0 Å². The fourth-order valence-electron chi connectivity index (χ4n) is 1.55. The summed E-state index contributed by atoms with van der Waals surface area (Å²) in [5.74, 6) is 0.974. The zero-order chi connectivity index (χ0) is 9.26. The van der Waals surface area contributed by atoms with Crippen molar-refractivity contribution >= 4 is 0 Å². The molecule has 13 heavy (non-hydrogen) atoms. The minimum atomic E-state index is -0.0745. The van der Waals surface area contributed by atoms with Gasteiger partial charge in [0.15, 0.2) is 0 Å². The summed E-state index contributed by atoms with van der Waals surface area (Å²) in [6.45, 7) is 1.26. The second kappa shape index (κ2) is 3.36. The minimum absolute atomic E-state index is 0.0745. The van der Waals surface area contributed by atoms with Gasteiger partial charge in [-0.05, 0) is 17.2 Å². The molecule has 3 heteroatoms. The smallest absolute Gasteiger partial charge is 0.122 e. The molecule has 1 aliphatic heterocycles. The zero-order valence-corrected chi connectivity index (χ0v) is 7.49. The van der Waals surface area contributed by atoms with E-state index in [0.717, 1.165) is 24.3 Å². The molecule has 0 aliphatic carbocycles. The Labute approximate surface area is 77.7 Å². The Hall–Kier alpha value is -1.06. The highest BCUT2D eigenvalue weighted by Crippen LogP contribution is 2.27. The summed E-state index contributed by atoms with van der Waals surface area (Å²) in [7, 11) is 0. The lowest BCUT2D eigenvalue weighted by molar-refractivity contribution is 0.356. The van der Waals surface area contributed by atoms with Crippen LogP contribution in [0.15, 0.2) is 18.2 Å². The number of rotatable bonds is 2. The van der Waals surface area contributed by atoms with Gasteiger partial charge in [-0.15, -0.1) is 0 Å². The molecule has 0 fully saturated rings. The summed E-state index contributed by atoms with van der Waals surface area (Å²) < 4.78 is 5.44. The SMILES string of the molecule is NC[C@H](N)c1ccc2c(c1)OCC2. The minimum Gasteiger partial charge on any atom is -0.493 e. The number of hydrogen-bond acceptors (Lipinski definition) is 3. The summed E-state index contributed by atoms with van der Waals surface area (Å²) in [6, 6.07) is 6.03. The molecule has 0 aromatic heterocycles. The van der Waals surface area contributed by atoms with Crippen LogP contribution in [0.1, 0.15) is 17.2 Å². The van der Waals surface area contributed by atoms with E-state index in [2.05, 4.69) is 6.07 Å². The van der Waals surface area contributed by atoms with Gasteiger partial charge < -0.3 is 16.2 Å². The maximum atomic E-state index is 5.81. The summed E-state index contributed by atoms with van der Waals surface area (Å²) in [5.41, 5.74) is 13.6. The lowest BCUT2D eigenvalue weighted by atomic mass is 10.0. The molecule has 1 aromatic rings. The molecule has 70 valence electrons. The predicted molar refractivity (Wildman–Crippen MR) is 51.6 cm³/mol. The second-order valence-corrected chi connectivity index (χ2v) is 3.31. The van der Waals surface area contributed by atoms with E-state index in [1.54, 1.807) is 0 Å². The normalized spacial score (nSPS) is 16.5. The van der Waals surface area contributed by atoms with E-state index in [-0.39, 0.29) is 6.04 Å². The van der Waals surface area contributed by atoms with Gasteiger partial charge in [0.1, 0.15) is 5.75 Å². The monoisotopic (exact) mass is 178 g/mol. The number of fused-ring (bicyclic) bond motifs is 1. The van der Waals surface area contributed by atoms with Gasteiger partial charge in [0, 0.05) is 19.0 Å². The van der Waals surface area contributed by atoms with Crippen LogP contribution < -0.4 is 16.2 Å². The molecular formula is C10H14N2O. The van der Waals surface area contributed by atoms with Crippen LogP contribution in [-0.2, 0) is 6.42 Å². The topological polar surface area (TPSA) is 61.3 Å². The first kappa shape index (κ1) is 8.53. The Kier molecular flexibility index (Phi) is 2.20. The molecule has 0 spiro atoms. The Bertz CT molecular complexity index is 312. The van der Waals surface area contributed by atoms with Crippen molar-refractivity contribution in [3.63, 3.8) is 0 Å². The summed E-state index contributed by atoms with van der Waals surface area (Å²) in [4.78, 5) is 0. The lowest BCUT2D eigenvalue weighted by Crippen LogP contribution is -2.20. The average Bonchev–Trinajstić information content (AvgIpc) is 2.63. The van der Waals surface area contributed by atoms with Crippen molar-refractivity contribution in [3.8, 4) is 5.75 Å². The van der Waals surface area contributed by atoms with Crippen molar-refractivity contribution in [2.75, 3.05) is 13.2 Å². The fraction of sp³-hybridized carbons (Fsp3) is 0.400. The number of hydrogen-bond donors (Lipinski definition) is 2. The first-order valence-electron chi connectivity index (χ1n) is 4.52. The summed E-state index contributed by atoms with van der Waals surface area (Å²) in [6.07, 6.45) is 1.01. The molecule has 0 radical (unpaired) electrons. The maximum Gasteiger partial charge on any atom is 0.122 e. The fourth-order valence-corrected chi connectivity index (χ4v) is 1.55. The van der Waals surface area contributed by atoms with Crippen molar-refractivity contribution < 1.29 is 4.74 Å². The van der Waals surface area contributed by atoms with Crippen LogP contribution in [0.25, 0.3) is 0 Å².